The Labute approximate surface area is 433 Å². The molecule has 0 amide bonds. The number of alkyl halides is 3. The first-order valence-electron chi connectivity index (χ1n) is 24.9. The molecule has 0 saturated carbocycles. The number of fused-ring (bicyclic) bond motifs is 3. The van der Waals surface area contributed by atoms with E-state index in [2.05, 4.69) is 105 Å². The van der Waals surface area contributed by atoms with Crippen LogP contribution in [0, 0.1) is 27.7 Å². The first-order valence-corrected chi connectivity index (χ1v) is 24.9. The zero-order chi connectivity index (χ0) is 51.4. The molecule has 0 N–H and O–H groups in total. The predicted molar refractivity (Wildman–Crippen MR) is 299 cm³/mol. The molecule has 0 radical (unpaired) electrons. The highest BCUT2D eigenvalue weighted by molar-refractivity contribution is 6.12. The Morgan fingerprint density at radius 3 is 0.947 bits per heavy atom. The van der Waals surface area contributed by atoms with Crippen LogP contribution in [0.1, 0.15) is 27.8 Å². The van der Waals surface area contributed by atoms with Crippen LogP contribution in [0.5, 0.6) is 0 Å². The van der Waals surface area contributed by atoms with E-state index in [0.717, 1.165) is 88.6 Å². The summed E-state index contributed by atoms with van der Waals surface area (Å²) in [6, 6.07) is 70.6. The maximum Gasteiger partial charge on any atom is 0.416 e. The Kier molecular flexibility index (Phi) is 11.8. The Balaban J connectivity index is 1.28. The second-order valence-electron chi connectivity index (χ2n) is 19.4. The number of hydrogen-bond acceptors (Lipinski definition) is 4. The maximum absolute atomic E-state index is 16.1. The van der Waals surface area contributed by atoms with Crippen molar-refractivity contribution in [3.63, 3.8) is 0 Å². The van der Waals surface area contributed by atoms with Crippen molar-refractivity contribution in [2.24, 2.45) is 0 Å². The fourth-order valence-electron chi connectivity index (χ4n) is 10.4. The molecule has 0 aliphatic carbocycles. The molecule has 0 fully saturated rings. The Hall–Kier alpha value is -9.27. The molecule has 3 heterocycles. The minimum Gasteiger partial charge on any atom is -0.308 e. The topological polar surface area (TPSA) is 56.5 Å². The van der Waals surface area contributed by atoms with Gasteiger partial charge in [0.2, 0.25) is 0 Å². The van der Waals surface area contributed by atoms with Gasteiger partial charge >= 0.3 is 6.18 Å². The van der Waals surface area contributed by atoms with Gasteiger partial charge in [-0.1, -0.05) is 204 Å². The second-order valence-corrected chi connectivity index (χ2v) is 19.4. The van der Waals surface area contributed by atoms with Gasteiger partial charge in [-0.2, -0.15) is 13.2 Å². The van der Waals surface area contributed by atoms with E-state index in [1.54, 1.807) is 0 Å². The average molecular weight is 980 g/mol. The van der Waals surface area contributed by atoms with Crippen molar-refractivity contribution >= 4 is 21.8 Å². The highest BCUT2D eigenvalue weighted by atomic mass is 19.4. The molecule has 75 heavy (non-hydrogen) atoms. The summed E-state index contributed by atoms with van der Waals surface area (Å²) in [5, 5.41) is 1.82. The van der Waals surface area contributed by atoms with E-state index in [-0.39, 0.29) is 22.8 Å². The molecule has 0 unspecified atom stereocenters. The highest BCUT2D eigenvalue weighted by Crippen LogP contribution is 2.46. The molecular formula is C67H48F3N5. The summed E-state index contributed by atoms with van der Waals surface area (Å²) in [5.41, 5.74) is 15.1. The molecule has 8 heteroatoms. The zero-order valence-electron chi connectivity index (χ0n) is 41.7. The van der Waals surface area contributed by atoms with Crippen molar-refractivity contribution in [3.8, 4) is 95.7 Å². The zero-order valence-corrected chi connectivity index (χ0v) is 41.7. The molecule has 5 nitrogen and oxygen atoms in total. The third-order valence-electron chi connectivity index (χ3n) is 13.8. The van der Waals surface area contributed by atoms with Gasteiger partial charge in [0.05, 0.1) is 45.1 Å². The molecule has 9 aromatic carbocycles. The van der Waals surface area contributed by atoms with Gasteiger partial charge in [0, 0.05) is 44.2 Å². The predicted octanol–water partition coefficient (Wildman–Crippen LogP) is 18.0. The molecule has 362 valence electrons. The van der Waals surface area contributed by atoms with Gasteiger partial charge in [0.25, 0.3) is 0 Å². The smallest absolute Gasteiger partial charge is 0.308 e. The summed E-state index contributed by atoms with van der Waals surface area (Å²) >= 11 is 0. The van der Waals surface area contributed by atoms with Crippen molar-refractivity contribution in [1.29, 1.82) is 0 Å². The fraction of sp³-hybridized carbons (Fsp3) is 0.0746. The first-order chi connectivity index (χ1) is 36.4. The molecule has 0 saturated heterocycles. The largest absolute Gasteiger partial charge is 0.416 e. The maximum atomic E-state index is 16.1. The van der Waals surface area contributed by atoms with Gasteiger partial charge in [-0.05, 0) is 86.3 Å². The molecule has 3 aromatic heterocycles. The minimum atomic E-state index is -4.81. The lowest BCUT2D eigenvalue weighted by atomic mass is 9.97. The number of aryl methyl sites for hydroxylation is 4. The van der Waals surface area contributed by atoms with E-state index in [4.69, 9.17) is 19.9 Å². The lowest BCUT2D eigenvalue weighted by molar-refractivity contribution is -0.137. The van der Waals surface area contributed by atoms with E-state index in [9.17, 15) is 0 Å². The SMILES string of the molecule is Cc1cc(C)cc(-c2ccc3c4ccc(-c5cc(C)cc(C)c5)cc4n(-c4c(-c5nc(-c6ccccc6)cc(-c6ccccc6)n5)cc(C(F)(F)F)cc4-c4nc(-c5ccccc5)cc(-c5ccccc5)n4)c3c2)c1. The second kappa shape index (κ2) is 19.0. The molecule has 0 aliphatic rings. The molecule has 12 aromatic rings. The van der Waals surface area contributed by atoms with E-state index < -0.39 is 11.7 Å². The Morgan fingerprint density at radius 1 is 0.320 bits per heavy atom. The summed E-state index contributed by atoms with van der Waals surface area (Å²) in [6.07, 6.45) is -4.81. The average Bonchev–Trinajstić information content (AvgIpc) is 3.77. The molecule has 0 bridgehead atoms. The number of benzene rings is 9. The van der Waals surface area contributed by atoms with Gasteiger partial charge in [0.15, 0.2) is 11.6 Å². The number of hydrogen-bond donors (Lipinski definition) is 0. The fourth-order valence-corrected chi connectivity index (χ4v) is 10.4. The number of halogens is 3. The quantitative estimate of drug-likeness (QED) is 0.145. The van der Waals surface area contributed by atoms with E-state index in [1.807, 2.05) is 133 Å². The van der Waals surface area contributed by atoms with Crippen LogP contribution in [-0.2, 0) is 6.18 Å². The van der Waals surface area contributed by atoms with Crippen molar-refractivity contribution < 1.29 is 13.2 Å². The molecule has 0 atom stereocenters. The van der Waals surface area contributed by atoms with Crippen molar-refractivity contribution in [3.05, 3.63) is 246 Å². The minimum absolute atomic E-state index is 0.103. The van der Waals surface area contributed by atoms with Crippen LogP contribution in [0.3, 0.4) is 0 Å². The molecule has 0 spiro atoms. The van der Waals surface area contributed by atoms with Gasteiger partial charge in [-0.3, -0.25) is 0 Å². The molecule has 12 rings (SSSR count). The van der Waals surface area contributed by atoms with Crippen molar-refractivity contribution in [2.75, 3.05) is 0 Å². The van der Waals surface area contributed by atoms with E-state index >= 15 is 13.2 Å². The van der Waals surface area contributed by atoms with Crippen molar-refractivity contribution in [1.82, 2.24) is 24.5 Å². The van der Waals surface area contributed by atoms with Crippen molar-refractivity contribution in [2.45, 2.75) is 33.9 Å². The standard InChI is InChI=1S/C67H48F3N5/c1-41-29-42(2)32-51(31-41)49-25-27-54-55-28-26-50(52-33-43(3)30-44(4)34-52)36-63(55)75(62(54)35-49)64-56(65-71-58(45-17-9-5-10-18-45)39-59(72-65)46-19-11-6-12-20-46)37-53(67(68,69)70)38-57(64)66-73-60(47-21-13-7-14-22-47)40-61(74-66)48-23-15-8-16-24-48/h5-40H,1-4H3. The van der Waals surface area contributed by atoms with Gasteiger partial charge < -0.3 is 4.57 Å². The third-order valence-corrected chi connectivity index (χ3v) is 13.8. The van der Waals surface area contributed by atoms with Crippen LogP contribution in [0.25, 0.3) is 118 Å². The van der Waals surface area contributed by atoms with Crippen LogP contribution in [0.4, 0.5) is 13.2 Å². The number of aromatic nitrogens is 5. The summed E-state index contributed by atoms with van der Waals surface area (Å²) in [7, 11) is 0. The van der Waals surface area contributed by atoms with Crippen LogP contribution in [-0.4, -0.2) is 24.5 Å². The van der Waals surface area contributed by atoms with Gasteiger partial charge in [0.1, 0.15) is 0 Å². The van der Waals surface area contributed by atoms with E-state index in [0.29, 0.717) is 28.5 Å². The Morgan fingerprint density at radius 2 is 0.640 bits per heavy atom. The monoisotopic (exact) mass is 979 g/mol. The molecule has 0 aliphatic heterocycles. The van der Waals surface area contributed by atoms with E-state index in [1.165, 1.54) is 12.1 Å². The third kappa shape index (κ3) is 9.16. The number of rotatable bonds is 9. The molecular weight excluding hydrogens is 932 g/mol. The lowest BCUT2D eigenvalue weighted by Gasteiger charge is -2.22. The van der Waals surface area contributed by atoms with Crippen LogP contribution in [0.15, 0.2) is 218 Å². The van der Waals surface area contributed by atoms with Crippen LogP contribution < -0.4 is 0 Å². The Bertz CT molecular complexity index is 3720. The summed E-state index contributed by atoms with van der Waals surface area (Å²) in [4.78, 5) is 21.0. The normalized spacial score (nSPS) is 11.7. The van der Waals surface area contributed by atoms with Gasteiger partial charge in [-0.15, -0.1) is 0 Å². The highest BCUT2D eigenvalue weighted by Gasteiger charge is 2.35. The summed E-state index contributed by atoms with van der Waals surface area (Å²) < 4.78 is 50.3. The first kappa shape index (κ1) is 46.8. The summed E-state index contributed by atoms with van der Waals surface area (Å²) in [6.45, 7) is 8.34. The lowest BCUT2D eigenvalue weighted by Crippen LogP contribution is -2.11. The summed E-state index contributed by atoms with van der Waals surface area (Å²) in [5.74, 6) is 0.206. The van der Waals surface area contributed by atoms with Gasteiger partial charge in [-0.25, -0.2) is 19.9 Å². The van der Waals surface area contributed by atoms with Crippen LogP contribution in [0.2, 0.25) is 0 Å². The number of nitrogens with zero attached hydrogens (tertiary/aromatic N) is 5. The van der Waals surface area contributed by atoms with Crippen LogP contribution >= 0.6 is 0 Å².